The molecular formula is C23H31N3O. The fraction of sp³-hybridized carbons (Fsp3) is 0.435. The number of amides is 2. The van der Waals surface area contributed by atoms with Crippen molar-refractivity contribution in [2.75, 3.05) is 24.5 Å². The minimum absolute atomic E-state index is 0.00679. The highest BCUT2D eigenvalue weighted by atomic mass is 16.2. The maximum absolute atomic E-state index is 13.0. The summed E-state index contributed by atoms with van der Waals surface area (Å²) in [5, 5.41) is 6.56. The molecule has 1 saturated heterocycles. The standard InChI is InChI=1S/C23H31N3O/c1-2-25-23(27)26(21-13-7-4-8-14-21)22(20-12-9-17-24-18-20)16-15-19-10-5-3-6-11-19/h3-8,10-11,13-14,20,22,24H,2,9,12,15-18H2,1H3,(H,25,27). The van der Waals surface area contributed by atoms with Gasteiger partial charge >= 0.3 is 6.03 Å². The van der Waals surface area contributed by atoms with Crippen LogP contribution in [0.2, 0.25) is 0 Å². The van der Waals surface area contributed by atoms with E-state index in [1.54, 1.807) is 0 Å². The average molecular weight is 366 g/mol. The van der Waals surface area contributed by atoms with Gasteiger partial charge in [-0.2, -0.15) is 0 Å². The van der Waals surface area contributed by atoms with Gasteiger partial charge in [-0.25, -0.2) is 4.79 Å². The van der Waals surface area contributed by atoms with E-state index < -0.39 is 0 Å². The predicted molar refractivity (Wildman–Crippen MR) is 112 cm³/mol. The van der Waals surface area contributed by atoms with Crippen molar-refractivity contribution < 1.29 is 4.79 Å². The molecule has 2 N–H and O–H groups in total. The summed E-state index contributed by atoms with van der Waals surface area (Å²) in [6.45, 7) is 4.66. The Kier molecular flexibility index (Phi) is 7.28. The van der Waals surface area contributed by atoms with E-state index >= 15 is 0 Å². The average Bonchev–Trinajstić information content (AvgIpc) is 2.73. The van der Waals surface area contributed by atoms with Crippen LogP contribution >= 0.6 is 0 Å². The van der Waals surface area contributed by atoms with Gasteiger partial charge in [0.2, 0.25) is 0 Å². The van der Waals surface area contributed by atoms with Crippen LogP contribution in [0.15, 0.2) is 60.7 Å². The van der Waals surface area contributed by atoms with Crippen LogP contribution in [0, 0.1) is 5.92 Å². The highest BCUT2D eigenvalue weighted by Gasteiger charge is 2.32. The quantitative estimate of drug-likeness (QED) is 0.771. The lowest BCUT2D eigenvalue weighted by molar-refractivity contribution is 0.235. The number of carbonyl (C=O) groups is 1. The molecule has 2 unspecified atom stereocenters. The number of nitrogens with one attached hydrogen (secondary N) is 2. The van der Waals surface area contributed by atoms with E-state index in [4.69, 9.17) is 0 Å². The van der Waals surface area contributed by atoms with Gasteiger partial charge in [-0.15, -0.1) is 0 Å². The summed E-state index contributed by atoms with van der Waals surface area (Å²) in [5.74, 6) is 0.463. The summed E-state index contributed by atoms with van der Waals surface area (Å²) in [5.41, 5.74) is 2.31. The number of nitrogens with zero attached hydrogens (tertiary/aromatic N) is 1. The lowest BCUT2D eigenvalue weighted by Crippen LogP contribution is -2.52. The first kappa shape index (κ1) is 19.4. The number of aryl methyl sites for hydroxylation is 1. The van der Waals surface area contributed by atoms with Crippen molar-refractivity contribution in [3.05, 3.63) is 66.2 Å². The van der Waals surface area contributed by atoms with Crippen molar-refractivity contribution in [1.29, 1.82) is 0 Å². The third-order valence-electron chi connectivity index (χ3n) is 5.36. The summed E-state index contributed by atoms with van der Waals surface area (Å²) < 4.78 is 0. The van der Waals surface area contributed by atoms with Crippen molar-refractivity contribution in [2.45, 2.75) is 38.6 Å². The smallest absolute Gasteiger partial charge is 0.322 e. The number of para-hydroxylation sites is 1. The molecule has 1 aliphatic heterocycles. The summed E-state index contributed by atoms with van der Waals surface area (Å²) >= 11 is 0. The number of benzene rings is 2. The Labute approximate surface area is 163 Å². The molecule has 3 rings (SSSR count). The van der Waals surface area contributed by atoms with Gasteiger partial charge in [0.1, 0.15) is 0 Å². The summed E-state index contributed by atoms with van der Waals surface area (Å²) in [7, 11) is 0. The Balaban J connectivity index is 1.87. The molecule has 1 heterocycles. The Bertz CT molecular complexity index is 683. The van der Waals surface area contributed by atoms with Crippen LogP contribution in [0.4, 0.5) is 10.5 Å². The SMILES string of the molecule is CCNC(=O)N(c1ccccc1)C(CCc1ccccc1)C1CCCNC1. The zero-order valence-electron chi connectivity index (χ0n) is 16.2. The van der Waals surface area contributed by atoms with Crippen LogP contribution < -0.4 is 15.5 Å². The molecule has 27 heavy (non-hydrogen) atoms. The van der Waals surface area contributed by atoms with Crippen molar-refractivity contribution >= 4 is 11.7 Å². The van der Waals surface area contributed by atoms with E-state index in [0.29, 0.717) is 12.5 Å². The van der Waals surface area contributed by atoms with Crippen LogP contribution in [0.25, 0.3) is 0 Å². The summed E-state index contributed by atoms with van der Waals surface area (Å²) in [4.78, 5) is 15.0. The molecule has 0 spiro atoms. The second kappa shape index (κ2) is 10.1. The monoisotopic (exact) mass is 365 g/mol. The molecular weight excluding hydrogens is 334 g/mol. The zero-order chi connectivity index (χ0) is 18.9. The zero-order valence-corrected chi connectivity index (χ0v) is 16.2. The molecule has 2 amide bonds. The summed E-state index contributed by atoms with van der Waals surface area (Å²) in [6, 6.07) is 20.9. The molecule has 0 aromatic heterocycles. The number of hydrogen-bond donors (Lipinski definition) is 2. The Morgan fingerprint density at radius 2 is 1.85 bits per heavy atom. The van der Waals surface area contributed by atoms with Gasteiger partial charge in [0.05, 0.1) is 0 Å². The number of rotatable bonds is 7. The highest BCUT2D eigenvalue weighted by Crippen LogP contribution is 2.28. The highest BCUT2D eigenvalue weighted by molar-refractivity contribution is 5.92. The van der Waals surface area contributed by atoms with Crippen LogP contribution in [0.1, 0.15) is 31.7 Å². The topological polar surface area (TPSA) is 44.4 Å². The first-order chi connectivity index (χ1) is 13.3. The van der Waals surface area contributed by atoms with E-state index in [9.17, 15) is 4.79 Å². The third kappa shape index (κ3) is 5.33. The van der Waals surface area contributed by atoms with Gasteiger partial charge in [0, 0.05) is 18.3 Å². The van der Waals surface area contributed by atoms with Crippen molar-refractivity contribution in [1.82, 2.24) is 10.6 Å². The molecule has 1 aliphatic rings. The molecule has 2 aromatic carbocycles. The largest absolute Gasteiger partial charge is 0.338 e. The number of hydrogen-bond acceptors (Lipinski definition) is 2. The summed E-state index contributed by atoms with van der Waals surface area (Å²) in [6.07, 6.45) is 4.27. The van der Waals surface area contributed by atoms with Gasteiger partial charge in [-0.3, -0.25) is 4.90 Å². The molecule has 4 heteroatoms. The van der Waals surface area contributed by atoms with Crippen molar-refractivity contribution in [3.63, 3.8) is 0 Å². The van der Waals surface area contributed by atoms with Crippen LogP contribution in [-0.4, -0.2) is 31.7 Å². The van der Waals surface area contributed by atoms with E-state index in [1.165, 1.54) is 12.0 Å². The maximum atomic E-state index is 13.0. The first-order valence-corrected chi connectivity index (χ1v) is 10.2. The molecule has 2 atom stereocenters. The molecule has 0 aliphatic carbocycles. The van der Waals surface area contributed by atoms with E-state index in [1.807, 2.05) is 42.2 Å². The molecule has 4 nitrogen and oxygen atoms in total. The molecule has 2 aromatic rings. The van der Waals surface area contributed by atoms with Gasteiger partial charge in [-0.05, 0) is 69.3 Å². The number of urea groups is 1. The third-order valence-corrected chi connectivity index (χ3v) is 5.36. The Morgan fingerprint density at radius 3 is 2.48 bits per heavy atom. The Hall–Kier alpha value is -2.33. The van der Waals surface area contributed by atoms with Crippen LogP contribution in [-0.2, 0) is 6.42 Å². The second-order valence-corrected chi connectivity index (χ2v) is 7.24. The molecule has 1 fully saturated rings. The minimum Gasteiger partial charge on any atom is -0.338 e. The minimum atomic E-state index is 0.00679. The van der Waals surface area contributed by atoms with Crippen LogP contribution in [0.3, 0.4) is 0 Å². The Morgan fingerprint density at radius 1 is 1.15 bits per heavy atom. The van der Waals surface area contributed by atoms with E-state index in [2.05, 4.69) is 41.0 Å². The number of anilines is 1. The lowest BCUT2D eigenvalue weighted by atomic mass is 9.86. The second-order valence-electron chi connectivity index (χ2n) is 7.24. The number of carbonyl (C=O) groups excluding carboxylic acids is 1. The van der Waals surface area contributed by atoms with Gasteiger partial charge in [0.15, 0.2) is 0 Å². The fourth-order valence-corrected chi connectivity index (χ4v) is 4.03. The van der Waals surface area contributed by atoms with Crippen molar-refractivity contribution in [2.24, 2.45) is 5.92 Å². The van der Waals surface area contributed by atoms with Crippen LogP contribution in [0.5, 0.6) is 0 Å². The predicted octanol–water partition coefficient (Wildman–Crippen LogP) is 4.22. The molecule has 0 bridgehead atoms. The fourth-order valence-electron chi connectivity index (χ4n) is 4.03. The van der Waals surface area contributed by atoms with E-state index in [-0.39, 0.29) is 12.1 Å². The normalized spacial score (nSPS) is 17.9. The lowest BCUT2D eigenvalue weighted by Gasteiger charge is -2.39. The van der Waals surface area contributed by atoms with Gasteiger partial charge in [0.25, 0.3) is 0 Å². The number of piperidine rings is 1. The molecule has 144 valence electrons. The molecule has 0 saturated carbocycles. The van der Waals surface area contributed by atoms with Gasteiger partial charge < -0.3 is 10.6 Å². The maximum Gasteiger partial charge on any atom is 0.322 e. The van der Waals surface area contributed by atoms with Crippen molar-refractivity contribution in [3.8, 4) is 0 Å². The van der Waals surface area contributed by atoms with E-state index in [0.717, 1.165) is 38.0 Å². The van der Waals surface area contributed by atoms with Gasteiger partial charge in [-0.1, -0.05) is 48.5 Å². The first-order valence-electron chi connectivity index (χ1n) is 10.2. The molecule has 0 radical (unpaired) electrons.